The van der Waals surface area contributed by atoms with E-state index < -0.39 is 10.8 Å². The Bertz CT molecular complexity index is 410. The number of hydrogen-bond donors (Lipinski definition) is 1. The lowest BCUT2D eigenvalue weighted by Gasteiger charge is -2.18. The lowest BCUT2D eigenvalue weighted by Crippen LogP contribution is -2.36. The topological polar surface area (TPSA) is 29.1 Å². The molecule has 0 heterocycles. The van der Waals surface area contributed by atoms with Crippen molar-refractivity contribution >= 4 is 22.4 Å². The van der Waals surface area contributed by atoms with Gasteiger partial charge in [0.2, 0.25) is 0 Å². The van der Waals surface area contributed by atoms with Crippen LogP contribution in [-0.2, 0) is 16.6 Å². The number of halogens is 1. The monoisotopic (exact) mass is 271 g/mol. The molecule has 1 aromatic carbocycles. The summed E-state index contributed by atoms with van der Waals surface area (Å²) in [6.45, 7) is 0. The molecule has 17 heavy (non-hydrogen) atoms. The van der Waals surface area contributed by atoms with Crippen LogP contribution in [0, 0.1) is 0 Å². The standard InChI is InChI=1S/C13H18ClNOS/c1-15-12-7-4-8-13(12)17(16)9-10-5-2-3-6-11(10)14/h2-3,5-6,12-13,15H,4,7-9H2,1H3. The van der Waals surface area contributed by atoms with Gasteiger partial charge in [-0.05, 0) is 31.5 Å². The molecule has 0 radical (unpaired) electrons. The first-order valence-electron chi connectivity index (χ1n) is 6.00. The molecule has 1 N–H and O–H groups in total. The molecule has 3 unspecified atom stereocenters. The smallest absolute Gasteiger partial charge is 0.0504 e. The van der Waals surface area contributed by atoms with Crippen LogP contribution in [0.25, 0.3) is 0 Å². The molecule has 1 aliphatic rings. The highest BCUT2D eigenvalue weighted by Gasteiger charge is 2.30. The Labute approximate surface area is 110 Å². The van der Waals surface area contributed by atoms with E-state index in [-0.39, 0.29) is 5.25 Å². The minimum absolute atomic E-state index is 0.274. The Morgan fingerprint density at radius 3 is 2.88 bits per heavy atom. The SMILES string of the molecule is CNC1CCCC1S(=O)Cc1ccccc1Cl. The fraction of sp³-hybridized carbons (Fsp3) is 0.538. The number of hydrogen-bond acceptors (Lipinski definition) is 2. The molecule has 94 valence electrons. The van der Waals surface area contributed by atoms with Crippen molar-refractivity contribution in [1.82, 2.24) is 5.32 Å². The van der Waals surface area contributed by atoms with Crippen LogP contribution in [0.15, 0.2) is 24.3 Å². The maximum atomic E-state index is 12.3. The Morgan fingerprint density at radius 2 is 2.18 bits per heavy atom. The van der Waals surface area contributed by atoms with Gasteiger partial charge >= 0.3 is 0 Å². The molecule has 4 heteroatoms. The molecule has 1 aliphatic carbocycles. The second-order valence-electron chi connectivity index (χ2n) is 4.48. The van der Waals surface area contributed by atoms with E-state index in [1.165, 1.54) is 6.42 Å². The van der Waals surface area contributed by atoms with Gasteiger partial charge in [-0.15, -0.1) is 0 Å². The average Bonchev–Trinajstić information content (AvgIpc) is 2.80. The third-order valence-corrected chi connectivity index (χ3v) is 5.62. The summed E-state index contributed by atoms with van der Waals surface area (Å²) in [6, 6.07) is 8.07. The normalized spacial score (nSPS) is 26.0. The molecule has 0 spiro atoms. The highest BCUT2D eigenvalue weighted by atomic mass is 35.5. The van der Waals surface area contributed by atoms with Gasteiger partial charge in [0, 0.05) is 21.9 Å². The van der Waals surface area contributed by atoms with Gasteiger partial charge in [0.15, 0.2) is 0 Å². The van der Waals surface area contributed by atoms with Crippen molar-refractivity contribution in [3.63, 3.8) is 0 Å². The molecule has 3 atom stereocenters. The predicted molar refractivity (Wildman–Crippen MR) is 73.8 cm³/mol. The summed E-state index contributed by atoms with van der Waals surface area (Å²) in [5, 5.41) is 4.27. The quantitative estimate of drug-likeness (QED) is 0.912. The lowest BCUT2D eigenvalue weighted by molar-refractivity contribution is 0.576. The first kappa shape index (κ1) is 13.1. The van der Waals surface area contributed by atoms with E-state index in [0.29, 0.717) is 11.8 Å². The summed E-state index contributed by atoms with van der Waals surface area (Å²) in [5.41, 5.74) is 0.995. The Balaban J connectivity index is 2.04. The first-order chi connectivity index (χ1) is 8.22. The molecular weight excluding hydrogens is 254 g/mol. The molecule has 0 bridgehead atoms. The fourth-order valence-corrected chi connectivity index (χ4v) is 4.57. The summed E-state index contributed by atoms with van der Waals surface area (Å²) >= 11 is 6.10. The van der Waals surface area contributed by atoms with Gasteiger partial charge in [-0.2, -0.15) is 0 Å². The zero-order chi connectivity index (χ0) is 12.3. The van der Waals surface area contributed by atoms with Crippen molar-refractivity contribution in [3.05, 3.63) is 34.9 Å². The summed E-state index contributed by atoms with van der Waals surface area (Å²) in [6.07, 6.45) is 3.36. The highest BCUT2D eigenvalue weighted by Crippen LogP contribution is 2.26. The maximum Gasteiger partial charge on any atom is 0.0504 e. The van der Waals surface area contributed by atoms with Crippen molar-refractivity contribution in [3.8, 4) is 0 Å². The van der Waals surface area contributed by atoms with Gasteiger partial charge in [-0.1, -0.05) is 36.2 Å². The number of nitrogens with one attached hydrogen (secondary N) is 1. The highest BCUT2D eigenvalue weighted by molar-refractivity contribution is 7.84. The molecule has 0 saturated heterocycles. The van der Waals surface area contributed by atoms with Gasteiger partial charge in [0.1, 0.15) is 0 Å². The molecule has 2 rings (SSSR count). The molecule has 1 aromatic rings. The molecule has 1 fully saturated rings. The van der Waals surface area contributed by atoms with Crippen LogP contribution in [0.2, 0.25) is 5.02 Å². The van der Waals surface area contributed by atoms with Gasteiger partial charge in [0.25, 0.3) is 0 Å². The van der Waals surface area contributed by atoms with Crippen LogP contribution in [0.3, 0.4) is 0 Å². The average molecular weight is 272 g/mol. The number of rotatable bonds is 4. The Morgan fingerprint density at radius 1 is 1.41 bits per heavy atom. The van der Waals surface area contributed by atoms with E-state index in [0.717, 1.165) is 23.4 Å². The van der Waals surface area contributed by atoms with Crippen molar-refractivity contribution in [2.75, 3.05) is 7.05 Å². The fourth-order valence-electron chi connectivity index (χ4n) is 2.45. The Hall–Kier alpha value is -0.380. The van der Waals surface area contributed by atoms with E-state index in [4.69, 9.17) is 11.6 Å². The second kappa shape index (κ2) is 5.98. The minimum Gasteiger partial charge on any atom is -0.316 e. The van der Waals surface area contributed by atoms with Crippen LogP contribution in [0.1, 0.15) is 24.8 Å². The van der Waals surface area contributed by atoms with Crippen LogP contribution < -0.4 is 5.32 Å². The van der Waals surface area contributed by atoms with Gasteiger partial charge in [-0.25, -0.2) is 0 Å². The lowest BCUT2D eigenvalue weighted by atomic mass is 10.2. The molecule has 0 aliphatic heterocycles. The summed E-state index contributed by atoms with van der Waals surface area (Å²) in [5.74, 6) is 0.572. The van der Waals surface area contributed by atoms with Crippen molar-refractivity contribution < 1.29 is 4.21 Å². The predicted octanol–water partition coefficient (Wildman–Crippen LogP) is 2.73. The van der Waals surface area contributed by atoms with E-state index in [1.54, 1.807) is 0 Å². The van der Waals surface area contributed by atoms with Crippen LogP contribution in [0.4, 0.5) is 0 Å². The molecule has 1 saturated carbocycles. The second-order valence-corrected chi connectivity index (χ2v) is 6.54. The van der Waals surface area contributed by atoms with Crippen LogP contribution >= 0.6 is 11.6 Å². The van der Waals surface area contributed by atoms with E-state index in [9.17, 15) is 4.21 Å². The van der Waals surface area contributed by atoms with E-state index in [2.05, 4.69) is 5.32 Å². The molecule has 2 nitrogen and oxygen atoms in total. The minimum atomic E-state index is -0.834. The molecular formula is C13H18ClNOS. The van der Waals surface area contributed by atoms with Crippen molar-refractivity contribution in [1.29, 1.82) is 0 Å². The van der Waals surface area contributed by atoms with Crippen molar-refractivity contribution in [2.24, 2.45) is 0 Å². The van der Waals surface area contributed by atoms with Crippen LogP contribution in [0.5, 0.6) is 0 Å². The molecule has 0 amide bonds. The maximum absolute atomic E-state index is 12.3. The zero-order valence-corrected chi connectivity index (χ0v) is 11.6. The van der Waals surface area contributed by atoms with E-state index in [1.807, 2.05) is 31.3 Å². The van der Waals surface area contributed by atoms with Gasteiger partial charge < -0.3 is 5.32 Å². The summed E-state index contributed by atoms with van der Waals surface area (Å²) in [4.78, 5) is 0. The summed E-state index contributed by atoms with van der Waals surface area (Å²) < 4.78 is 12.3. The van der Waals surface area contributed by atoms with Crippen LogP contribution in [-0.4, -0.2) is 22.5 Å². The van der Waals surface area contributed by atoms with Gasteiger partial charge in [-0.3, -0.25) is 4.21 Å². The summed E-state index contributed by atoms with van der Waals surface area (Å²) in [7, 11) is 1.12. The third kappa shape index (κ3) is 3.09. The van der Waals surface area contributed by atoms with Crippen molar-refractivity contribution in [2.45, 2.75) is 36.3 Å². The molecule has 0 aromatic heterocycles. The van der Waals surface area contributed by atoms with E-state index >= 15 is 0 Å². The third-order valence-electron chi connectivity index (χ3n) is 3.42. The van der Waals surface area contributed by atoms with Gasteiger partial charge in [0.05, 0.1) is 11.0 Å². The Kier molecular flexibility index (Phi) is 4.60. The largest absolute Gasteiger partial charge is 0.316 e. The first-order valence-corrected chi connectivity index (χ1v) is 7.76. The zero-order valence-electron chi connectivity index (χ0n) is 9.99. The number of benzene rings is 1.